The first-order valence-corrected chi connectivity index (χ1v) is 10.8. The van der Waals surface area contributed by atoms with Gasteiger partial charge in [-0.1, -0.05) is 0 Å². The van der Waals surface area contributed by atoms with Gasteiger partial charge in [-0.05, 0) is 55.5 Å². The molecule has 0 bridgehead atoms. The average molecular weight is 446 g/mol. The molecule has 2 N–H and O–H groups in total. The fourth-order valence-electron chi connectivity index (χ4n) is 4.50. The number of nitrogens with two attached hydrogens (primary N) is 1. The van der Waals surface area contributed by atoms with E-state index in [9.17, 15) is 0 Å². The van der Waals surface area contributed by atoms with Gasteiger partial charge in [-0.3, -0.25) is 0 Å². The Morgan fingerprint density at radius 1 is 1.00 bits per heavy atom. The highest BCUT2D eigenvalue weighted by atomic mass is 16.5. The van der Waals surface area contributed by atoms with E-state index in [-0.39, 0.29) is 0 Å². The Balaban J connectivity index is 1.57. The Kier molecular flexibility index (Phi) is 5.17. The topological polar surface area (TPSA) is 71.1 Å². The van der Waals surface area contributed by atoms with Gasteiger partial charge in [-0.15, -0.1) is 0 Å². The van der Waals surface area contributed by atoms with Crippen LogP contribution < -0.4 is 24.8 Å². The molecule has 2 aromatic carbocycles. The van der Waals surface area contributed by atoms with E-state index in [1.54, 1.807) is 21.3 Å². The van der Waals surface area contributed by atoms with Gasteiger partial charge in [-0.2, -0.15) is 0 Å². The van der Waals surface area contributed by atoms with Gasteiger partial charge in [0.15, 0.2) is 17.3 Å². The first kappa shape index (κ1) is 20.9. The number of hydrogen-bond acceptors (Lipinski definition) is 6. The maximum Gasteiger partial charge on any atom is 0.203 e. The summed E-state index contributed by atoms with van der Waals surface area (Å²) in [7, 11) is 4.79. The molecule has 170 valence electrons. The van der Waals surface area contributed by atoms with Crippen LogP contribution in [0, 0.1) is 0 Å². The molecule has 2 aliphatic heterocycles. The van der Waals surface area contributed by atoms with Crippen LogP contribution in [0.3, 0.4) is 0 Å². The number of methoxy groups -OCH3 is 3. The second-order valence-corrected chi connectivity index (χ2v) is 7.83. The summed E-state index contributed by atoms with van der Waals surface area (Å²) in [5.41, 5.74) is 10.9. The summed E-state index contributed by atoms with van der Waals surface area (Å²) in [6.45, 7) is 3.08. The molecule has 2 aliphatic rings. The van der Waals surface area contributed by atoms with E-state index in [1.807, 2.05) is 24.4 Å². The molecule has 1 aromatic heterocycles. The Hall–Kier alpha value is -4.00. The predicted molar refractivity (Wildman–Crippen MR) is 128 cm³/mol. The Labute approximate surface area is 192 Å². The molecule has 3 heterocycles. The lowest BCUT2D eigenvalue weighted by molar-refractivity contribution is 0.175. The van der Waals surface area contributed by atoms with Crippen LogP contribution in [-0.4, -0.2) is 25.9 Å². The fraction of sp³-hybridized carbons (Fsp3) is 0.231. The molecule has 1 unspecified atom stereocenters. The largest absolute Gasteiger partial charge is 0.493 e. The second kappa shape index (κ2) is 8.16. The lowest BCUT2D eigenvalue weighted by Gasteiger charge is -2.26. The molecule has 0 saturated heterocycles. The van der Waals surface area contributed by atoms with Crippen molar-refractivity contribution < 1.29 is 18.9 Å². The van der Waals surface area contributed by atoms with Crippen LogP contribution in [0.4, 0.5) is 5.69 Å². The molecule has 0 saturated carbocycles. The SMILES string of the molecule is CCn1ccc2cc(N3C=CC(N)=C4OC(c5ccc(OC)c(OC)c5OC)C=C43)ccc21. The van der Waals surface area contributed by atoms with E-state index in [1.165, 1.54) is 10.9 Å². The predicted octanol–water partition coefficient (Wildman–Crippen LogP) is 4.85. The van der Waals surface area contributed by atoms with Crippen molar-refractivity contribution in [2.24, 2.45) is 5.73 Å². The van der Waals surface area contributed by atoms with Crippen molar-refractivity contribution in [2.45, 2.75) is 19.6 Å². The van der Waals surface area contributed by atoms with E-state index < -0.39 is 6.10 Å². The minimum absolute atomic E-state index is 0.393. The van der Waals surface area contributed by atoms with Gasteiger partial charge in [0.1, 0.15) is 6.10 Å². The number of aryl methyl sites for hydroxylation is 1. The molecule has 33 heavy (non-hydrogen) atoms. The highest BCUT2D eigenvalue weighted by Gasteiger charge is 2.34. The standard InChI is InChI=1S/C26H27N3O4/c1-5-28-12-10-16-14-17(6-8-20(16)28)29-13-11-19(27)25-21(29)15-23(33-25)18-7-9-22(30-2)26(32-4)24(18)31-3/h6-15,23H,5,27H2,1-4H3. The van der Waals surface area contributed by atoms with Crippen LogP contribution in [0.1, 0.15) is 18.6 Å². The molecule has 0 spiro atoms. The van der Waals surface area contributed by atoms with Gasteiger partial charge >= 0.3 is 0 Å². The van der Waals surface area contributed by atoms with Crippen LogP contribution >= 0.6 is 0 Å². The van der Waals surface area contributed by atoms with Crippen molar-refractivity contribution in [2.75, 3.05) is 26.2 Å². The van der Waals surface area contributed by atoms with E-state index in [4.69, 9.17) is 24.7 Å². The maximum absolute atomic E-state index is 6.33. The third kappa shape index (κ3) is 3.28. The highest BCUT2D eigenvalue weighted by molar-refractivity contribution is 5.85. The number of rotatable bonds is 6. The molecule has 7 nitrogen and oxygen atoms in total. The van der Waals surface area contributed by atoms with Crippen LogP contribution in [0.5, 0.6) is 17.2 Å². The normalized spacial score (nSPS) is 17.2. The molecule has 0 radical (unpaired) electrons. The number of allylic oxidation sites excluding steroid dienone is 1. The Bertz CT molecular complexity index is 1320. The van der Waals surface area contributed by atoms with E-state index in [0.29, 0.717) is 28.7 Å². The van der Waals surface area contributed by atoms with Crippen molar-refractivity contribution in [3.8, 4) is 17.2 Å². The molecule has 0 fully saturated rings. The van der Waals surface area contributed by atoms with Gasteiger partial charge < -0.3 is 34.1 Å². The van der Waals surface area contributed by atoms with Crippen LogP contribution in [0.2, 0.25) is 0 Å². The van der Waals surface area contributed by atoms with Gasteiger partial charge in [0.05, 0.1) is 32.7 Å². The lowest BCUT2D eigenvalue weighted by atomic mass is 10.1. The maximum atomic E-state index is 6.33. The molecular formula is C26H27N3O4. The quantitative estimate of drug-likeness (QED) is 0.585. The fourth-order valence-corrected chi connectivity index (χ4v) is 4.50. The molecule has 7 heteroatoms. The smallest absolute Gasteiger partial charge is 0.203 e. The number of anilines is 1. The van der Waals surface area contributed by atoms with Gasteiger partial charge in [-0.25, -0.2) is 0 Å². The summed E-state index contributed by atoms with van der Waals surface area (Å²) in [6.07, 6.45) is 7.61. The van der Waals surface area contributed by atoms with Crippen molar-refractivity contribution in [1.82, 2.24) is 4.57 Å². The summed E-state index contributed by atoms with van der Waals surface area (Å²) < 4.78 is 25.2. The molecule has 5 rings (SSSR count). The number of benzene rings is 2. The van der Waals surface area contributed by atoms with E-state index in [0.717, 1.165) is 23.5 Å². The number of ether oxygens (including phenoxy) is 4. The third-order valence-corrected chi connectivity index (χ3v) is 6.13. The lowest BCUT2D eigenvalue weighted by Crippen LogP contribution is -2.21. The second-order valence-electron chi connectivity index (χ2n) is 7.83. The van der Waals surface area contributed by atoms with Crippen molar-refractivity contribution in [1.29, 1.82) is 0 Å². The summed E-state index contributed by atoms with van der Waals surface area (Å²) >= 11 is 0. The number of fused-ring (bicyclic) bond motifs is 2. The van der Waals surface area contributed by atoms with Crippen LogP contribution in [0.15, 0.2) is 78.1 Å². The molecule has 0 aliphatic carbocycles. The average Bonchev–Trinajstić information content (AvgIpc) is 3.47. The summed E-state index contributed by atoms with van der Waals surface area (Å²) in [5, 5.41) is 1.18. The van der Waals surface area contributed by atoms with Crippen molar-refractivity contribution >= 4 is 16.6 Å². The third-order valence-electron chi connectivity index (χ3n) is 6.13. The van der Waals surface area contributed by atoms with Gasteiger partial charge in [0.25, 0.3) is 0 Å². The Morgan fingerprint density at radius 2 is 1.82 bits per heavy atom. The van der Waals surface area contributed by atoms with E-state index in [2.05, 4.69) is 52.9 Å². The minimum atomic E-state index is -0.393. The zero-order valence-electron chi connectivity index (χ0n) is 19.2. The Morgan fingerprint density at radius 3 is 2.55 bits per heavy atom. The zero-order valence-corrected chi connectivity index (χ0v) is 19.2. The van der Waals surface area contributed by atoms with Crippen LogP contribution in [-0.2, 0) is 11.3 Å². The molecule has 1 atom stereocenters. The zero-order chi connectivity index (χ0) is 23.1. The van der Waals surface area contributed by atoms with E-state index >= 15 is 0 Å². The van der Waals surface area contributed by atoms with Crippen molar-refractivity contribution in [3.05, 3.63) is 83.7 Å². The van der Waals surface area contributed by atoms with Gasteiger partial charge in [0.2, 0.25) is 5.75 Å². The highest BCUT2D eigenvalue weighted by Crippen LogP contribution is 2.48. The monoisotopic (exact) mass is 445 g/mol. The van der Waals surface area contributed by atoms with Crippen LogP contribution in [0.25, 0.3) is 10.9 Å². The minimum Gasteiger partial charge on any atom is -0.493 e. The molecular weight excluding hydrogens is 418 g/mol. The summed E-state index contributed by atoms with van der Waals surface area (Å²) in [6, 6.07) is 12.3. The van der Waals surface area contributed by atoms with Crippen molar-refractivity contribution in [3.63, 3.8) is 0 Å². The van der Waals surface area contributed by atoms with Gasteiger partial charge in [0, 0.05) is 41.1 Å². The molecule has 3 aromatic rings. The number of aromatic nitrogens is 1. The first-order valence-electron chi connectivity index (χ1n) is 10.8. The molecule has 0 amide bonds. The first-order chi connectivity index (χ1) is 16.1. The number of nitrogens with zero attached hydrogens (tertiary/aromatic N) is 2. The summed E-state index contributed by atoms with van der Waals surface area (Å²) in [4.78, 5) is 2.10. The number of hydrogen-bond donors (Lipinski definition) is 1. The summed E-state index contributed by atoms with van der Waals surface area (Å²) in [5.74, 6) is 2.33.